The Bertz CT molecular complexity index is 514. The number of rotatable bonds is 7. The molecule has 0 heterocycles. The van der Waals surface area contributed by atoms with Crippen molar-refractivity contribution >= 4 is 17.4 Å². The summed E-state index contributed by atoms with van der Waals surface area (Å²) in [5, 5.41) is 10.8. The summed E-state index contributed by atoms with van der Waals surface area (Å²) in [4.78, 5) is 32.2. The Kier molecular flexibility index (Phi) is 4.95. The second kappa shape index (κ2) is 6.45. The standard InChI is InChI=1S/C11H12N2O6/c1-18-5-8(14)6-19-10-3-2-7(11(12)15)4-9(10)13(16)17/h2-4H,5-6H2,1H3,(H2,12,15). The molecule has 2 N–H and O–H groups in total. The number of nitro benzene ring substituents is 1. The van der Waals surface area contributed by atoms with Crippen molar-refractivity contribution in [3.63, 3.8) is 0 Å². The Hall–Kier alpha value is -2.48. The van der Waals surface area contributed by atoms with Crippen LogP contribution in [0.25, 0.3) is 0 Å². The van der Waals surface area contributed by atoms with Gasteiger partial charge < -0.3 is 15.2 Å². The Morgan fingerprint density at radius 3 is 2.58 bits per heavy atom. The van der Waals surface area contributed by atoms with Gasteiger partial charge in [-0.15, -0.1) is 0 Å². The summed E-state index contributed by atoms with van der Waals surface area (Å²) in [6.45, 7) is -0.502. The lowest BCUT2D eigenvalue weighted by Gasteiger charge is -2.06. The van der Waals surface area contributed by atoms with E-state index in [2.05, 4.69) is 4.74 Å². The fourth-order valence-electron chi connectivity index (χ4n) is 1.30. The molecule has 0 aliphatic carbocycles. The van der Waals surface area contributed by atoms with E-state index in [0.717, 1.165) is 6.07 Å². The van der Waals surface area contributed by atoms with E-state index >= 15 is 0 Å². The van der Waals surface area contributed by atoms with Gasteiger partial charge >= 0.3 is 5.69 Å². The van der Waals surface area contributed by atoms with Gasteiger partial charge in [-0.3, -0.25) is 19.7 Å². The number of nitro groups is 1. The number of amides is 1. The van der Waals surface area contributed by atoms with Crippen LogP contribution in [0.3, 0.4) is 0 Å². The molecular formula is C11H12N2O6. The maximum atomic E-state index is 11.2. The lowest BCUT2D eigenvalue weighted by molar-refractivity contribution is -0.385. The normalized spacial score (nSPS) is 9.95. The number of Topliss-reactive ketones (excluding diaryl/α,β-unsaturated/α-hetero) is 1. The molecule has 19 heavy (non-hydrogen) atoms. The van der Waals surface area contributed by atoms with E-state index in [9.17, 15) is 19.7 Å². The minimum Gasteiger partial charge on any atom is -0.479 e. The zero-order chi connectivity index (χ0) is 14.4. The molecule has 0 fully saturated rings. The van der Waals surface area contributed by atoms with Crippen LogP contribution in [0.1, 0.15) is 10.4 Å². The van der Waals surface area contributed by atoms with Crippen LogP contribution in [-0.2, 0) is 9.53 Å². The first-order chi connectivity index (χ1) is 8.95. The fourth-order valence-corrected chi connectivity index (χ4v) is 1.30. The number of ketones is 1. The third-order valence-electron chi connectivity index (χ3n) is 2.13. The predicted molar refractivity (Wildman–Crippen MR) is 64.0 cm³/mol. The first-order valence-corrected chi connectivity index (χ1v) is 5.17. The van der Waals surface area contributed by atoms with Crippen LogP contribution in [0.2, 0.25) is 0 Å². The molecule has 0 spiro atoms. The number of primary amides is 1. The van der Waals surface area contributed by atoms with Gasteiger partial charge in [-0.05, 0) is 12.1 Å². The van der Waals surface area contributed by atoms with Gasteiger partial charge in [0, 0.05) is 18.7 Å². The second-order valence-electron chi connectivity index (χ2n) is 3.56. The predicted octanol–water partition coefficient (Wildman–Crippen LogP) is 0.288. The average molecular weight is 268 g/mol. The summed E-state index contributed by atoms with van der Waals surface area (Å²) in [7, 11) is 1.35. The van der Waals surface area contributed by atoms with Crippen LogP contribution in [-0.4, -0.2) is 36.9 Å². The highest BCUT2D eigenvalue weighted by atomic mass is 16.6. The van der Waals surface area contributed by atoms with E-state index in [1.165, 1.54) is 19.2 Å². The molecule has 1 rings (SSSR count). The van der Waals surface area contributed by atoms with E-state index < -0.39 is 16.5 Å². The quantitative estimate of drug-likeness (QED) is 0.560. The number of nitrogens with zero attached hydrogens (tertiary/aromatic N) is 1. The number of methoxy groups -OCH3 is 1. The second-order valence-corrected chi connectivity index (χ2v) is 3.56. The van der Waals surface area contributed by atoms with Crippen LogP contribution in [0.5, 0.6) is 5.75 Å². The summed E-state index contributed by atoms with van der Waals surface area (Å²) >= 11 is 0. The van der Waals surface area contributed by atoms with E-state index in [1.807, 2.05) is 0 Å². The molecule has 8 nitrogen and oxygen atoms in total. The Morgan fingerprint density at radius 1 is 1.37 bits per heavy atom. The monoisotopic (exact) mass is 268 g/mol. The van der Waals surface area contributed by atoms with Crippen molar-refractivity contribution in [1.29, 1.82) is 0 Å². The SMILES string of the molecule is COCC(=O)COc1ccc(C(N)=O)cc1[N+](=O)[O-]. The number of carbonyl (C=O) groups excluding carboxylic acids is 2. The van der Waals surface area contributed by atoms with Crippen molar-refractivity contribution in [1.82, 2.24) is 0 Å². The van der Waals surface area contributed by atoms with Gasteiger partial charge in [0.05, 0.1) is 4.92 Å². The van der Waals surface area contributed by atoms with E-state index in [4.69, 9.17) is 10.5 Å². The molecule has 0 aliphatic heterocycles. The summed E-state index contributed by atoms with van der Waals surface area (Å²) < 4.78 is 9.62. The summed E-state index contributed by atoms with van der Waals surface area (Å²) in [5.41, 5.74) is 4.58. The fraction of sp³-hybridized carbons (Fsp3) is 0.273. The maximum absolute atomic E-state index is 11.2. The maximum Gasteiger partial charge on any atom is 0.311 e. The van der Waals surface area contributed by atoms with Gasteiger partial charge in [-0.2, -0.15) is 0 Å². The number of hydrogen-bond acceptors (Lipinski definition) is 6. The number of ether oxygens (including phenoxy) is 2. The van der Waals surface area contributed by atoms with Gasteiger partial charge in [0.15, 0.2) is 11.5 Å². The molecular weight excluding hydrogens is 256 g/mol. The summed E-state index contributed by atoms with van der Waals surface area (Å²) in [6, 6.07) is 3.50. The minimum absolute atomic E-state index is 0.0118. The van der Waals surface area contributed by atoms with Gasteiger partial charge in [0.25, 0.3) is 0 Å². The van der Waals surface area contributed by atoms with E-state index in [-0.39, 0.29) is 30.3 Å². The molecule has 0 aromatic heterocycles. The lowest BCUT2D eigenvalue weighted by Crippen LogP contribution is -2.17. The number of nitrogens with two attached hydrogens (primary N) is 1. The van der Waals surface area contributed by atoms with Crippen LogP contribution in [0.15, 0.2) is 18.2 Å². The van der Waals surface area contributed by atoms with E-state index in [0.29, 0.717) is 0 Å². The summed E-state index contributed by atoms with van der Waals surface area (Å²) in [5.74, 6) is -1.26. The Morgan fingerprint density at radius 2 is 2.05 bits per heavy atom. The van der Waals surface area contributed by atoms with Crippen molar-refractivity contribution < 1.29 is 24.0 Å². The third kappa shape index (κ3) is 4.03. The molecule has 0 bridgehead atoms. The van der Waals surface area contributed by atoms with Crippen molar-refractivity contribution in [2.75, 3.05) is 20.3 Å². The van der Waals surface area contributed by atoms with Crippen LogP contribution < -0.4 is 10.5 Å². The van der Waals surface area contributed by atoms with Gasteiger partial charge in [-0.1, -0.05) is 0 Å². The molecule has 0 atom stereocenters. The van der Waals surface area contributed by atoms with Crippen molar-refractivity contribution in [2.45, 2.75) is 0 Å². The van der Waals surface area contributed by atoms with Gasteiger partial charge in [0.1, 0.15) is 13.2 Å². The van der Waals surface area contributed by atoms with Crippen molar-refractivity contribution in [3.05, 3.63) is 33.9 Å². The highest BCUT2D eigenvalue weighted by Crippen LogP contribution is 2.27. The zero-order valence-electron chi connectivity index (χ0n) is 10.1. The number of benzene rings is 1. The van der Waals surface area contributed by atoms with Crippen molar-refractivity contribution in [3.8, 4) is 5.75 Å². The minimum atomic E-state index is -0.787. The molecule has 1 aromatic carbocycles. The number of hydrogen-bond donors (Lipinski definition) is 1. The van der Waals surface area contributed by atoms with E-state index in [1.54, 1.807) is 0 Å². The molecule has 0 saturated carbocycles. The molecule has 1 amide bonds. The summed E-state index contributed by atoms with van der Waals surface area (Å²) in [6.07, 6.45) is 0. The van der Waals surface area contributed by atoms with Gasteiger partial charge in [0.2, 0.25) is 5.91 Å². The molecule has 1 aromatic rings. The average Bonchev–Trinajstić information content (AvgIpc) is 2.36. The first kappa shape index (κ1) is 14.6. The molecule has 0 aliphatic rings. The topological polar surface area (TPSA) is 122 Å². The Balaban J connectivity index is 2.91. The third-order valence-corrected chi connectivity index (χ3v) is 2.13. The number of carbonyl (C=O) groups is 2. The molecule has 102 valence electrons. The highest BCUT2D eigenvalue weighted by molar-refractivity contribution is 5.93. The zero-order valence-corrected chi connectivity index (χ0v) is 10.1. The molecule has 8 heteroatoms. The Labute approximate surface area is 108 Å². The highest BCUT2D eigenvalue weighted by Gasteiger charge is 2.18. The lowest BCUT2D eigenvalue weighted by atomic mass is 10.2. The van der Waals surface area contributed by atoms with Crippen LogP contribution in [0.4, 0.5) is 5.69 Å². The first-order valence-electron chi connectivity index (χ1n) is 5.17. The van der Waals surface area contributed by atoms with Crippen LogP contribution in [0, 0.1) is 10.1 Å². The smallest absolute Gasteiger partial charge is 0.311 e. The molecule has 0 unspecified atom stereocenters. The van der Waals surface area contributed by atoms with Crippen molar-refractivity contribution in [2.24, 2.45) is 5.73 Å². The molecule has 0 radical (unpaired) electrons. The van der Waals surface area contributed by atoms with Gasteiger partial charge in [-0.25, -0.2) is 0 Å². The largest absolute Gasteiger partial charge is 0.479 e. The van der Waals surface area contributed by atoms with Crippen LogP contribution >= 0.6 is 0 Å². The molecule has 0 saturated heterocycles.